The summed E-state index contributed by atoms with van der Waals surface area (Å²) in [6.45, 7) is 14.1. The molecule has 3 aromatic carbocycles. The number of primary amides is 1. The number of ether oxygens (including phenoxy) is 4. The second kappa shape index (κ2) is 24.3. The fourth-order valence-electron chi connectivity index (χ4n) is 5.60. The second-order valence-corrected chi connectivity index (χ2v) is 18.1. The van der Waals surface area contributed by atoms with Crippen molar-refractivity contribution in [2.75, 3.05) is 30.1 Å². The highest BCUT2D eigenvalue weighted by Gasteiger charge is 2.30. The van der Waals surface area contributed by atoms with Crippen molar-refractivity contribution in [3.8, 4) is 16.9 Å². The van der Waals surface area contributed by atoms with Crippen LogP contribution in [0.5, 0.6) is 5.75 Å². The third-order valence-corrected chi connectivity index (χ3v) is 9.41. The van der Waals surface area contributed by atoms with Gasteiger partial charge in [0.1, 0.15) is 23.7 Å². The number of sulfone groups is 1. The Morgan fingerprint density at radius 1 is 0.879 bits per heavy atom. The molecule has 0 aliphatic rings. The third-order valence-electron chi connectivity index (χ3n) is 8.30. The van der Waals surface area contributed by atoms with Crippen molar-refractivity contribution in [3.63, 3.8) is 0 Å². The standard InChI is InChI=1S/C38H39FN6O9S.C5H11NO2.C3H8/c1-23(2)18-34(46)40-21-36(48)53-24(3)54-38(49)45(31-16-15-30(55(5,50)51)20-32(31)52-4)37-42-33-17-10-27(22-44(33)43-37)26-8-13-29(14-9-26)41-35(47)19-25-6-11-28(39)12-7-25;1-5(2,3)8-4(6)7;1-3-2/h6-17,20,22-24H,18-19,21H2,1-5H3,(H,40,46)(H,41,47);1-3H3,(H2,6,7);3H2,1-2H3. The largest absolute Gasteiger partial charge is 0.495 e. The van der Waals surface area contributed by atoms with Gasteiger partial charge in [0.2, 0.25) is 18.1 Å². The van der Waals surface area contributed by atoms with Crippen LogP contribution in [0.1, 0.15) is 73.8 Å². The van der Waals surface area contributed by atoms with E-state index < -0.39 is 46.4 Å². The molecule has 2 aromatic heterocycles. The molecule has 5 aromatic rings. The molecule has 0 aliphatic carbocycles. The molecule has 0 saturated carbocycles. The van der Waals surface area contributed by atoms with E-state index in [9.17, 15) is 36.8 Å². The quantitative estimate of drug-likeness (QED) is 0.0714. The molecule has 4 amide bonds. The molecule has 20 heteroatoms. The lowest BCUT2D eigenvalue weighted by Gasteiger charge is -2.23. The van der Waals surface area contributed by atoms with Gasteiger partial charge in [-0.1, -0.05) is 58.4 Å². The summed E-state index contributed by atoms with van der Waals surface area (Å²) in [5, 5.41) is 9.78. The van der Waals surface area contributed by atoms with Crippen molar-refractivity contribution in [2.24, 2.45) is 11.7 Å². The molecule has 0 fully saturated rings. The monoisotopic (exact) mass is 935 g/mol. The minimum atomic E-state index is -3.66. The number of anilines is 3. The lowest BCUT2D eigenvalue weighted by atomic mass is 10.1. The zero-order valence-electron chi connectivity index (χ0n) is 38.7. The summed E-state index contributed by atoms with van der Waals surface area (Å²) in [7, 11) is -2.37. The average Bonchev–Trinajstić information content (AvgIpc) is 3.63. The van der Waals surface area contributed by atoms with Gasteiger partial charge < -0.3 is 35.3 Å². The van der Waals surface area contributed by atoms with Crippen molar-refractivity contribution >= 4 is 62.8 Å². The number of fused-ring (bicyclic) bond motifs is 1. The van der Waals surface area contributed by atoms with E-state index >= 15 is 0 Å². The van der Waals surface area contributed by atoms with Crippen molar-refractivity contribution in [1.82, 2.24) is 19.9 Å². The van der Waals surface area contributed by atoms with Crippen LogP contribution >= 0.6 is 0 Å². The van der Waals surface area contributed by atoms with Crippen LogP contribution in [0.3, 0.4) is 0 Å². The van der Waals surface area contributed by atoms with Crippen LogP contribution in [-0.4, -0.2) is 84.8 Å². The molecule has 2 heterocycles. The lowest BCUT2D eigenvalue weighted by Crippen LogP contribution is -2.36. The third kappa shape index (κ3) is 17.5. The predicted molar refractivity (Wildman–Crippen MR) is 246 cm³/mol. The molecule has 0 aliphatic heterocycles. The number of hydrogen-bond acceptors (Lipinski definition) is 13. The molecular formula is C46H58FN7O11S. The minimum absolute atomic E-state index is 0.0209. The summed E-state index contributed by atoms with van der Waals surface area (Å²) in [5.74, 6) is -1.97. The van der Waals surface area contributed by atoms with Gasteiger partial charge in [0, 0.05) is 43.1 Å². The van der Waals surface area contributed by atoms with E-state index in [-0.39, 0.29) is 58.7 Å². The molecule has 4 N–H and O–H groups in total. The van der Waals surface area contributed by atoms with Gasteiger partial charge in [0.05, 0.1) is 24.1 Å². The number of benzene rings is 3. The van der Waals surface area contributed by atoms with E-state index in [0.29, 0.717) is 22.5 Å². The molecule has 0 spiro atoms. The number of hydrogen-bond donors (Lipinski definition) is 3. The molecule has 0 bridgehead atoms. The first-order valence-corrected chi connectivity index (χ1v) is 22.7. The Hall–Kier alpha value is -7.09. The molecule has 5 rings (SSSR count). The van der Waals surface area contributed by atoms with E-state index in [0.717, 1.165) is 16.7 Å². The molecule has 1 unspecified atom stereocenters. The highest BCUT2D eigenvalue weighted by Crippen LogP contribution is 2.36. The number of amides is 4. The van der Waals surface area contributed by atoms with Gasteiger partial charge in [-0.3, -0.25) is 14.4 Å². The lowest BCUT2D eigenvalue weighted by molar-refractivity contribution is -0.164. The number of rotatable bonds is 14. The van der Waals surface area contributed by atoms with E-state index in [4.69, 9.17) is 19.9 Å². The van der Waals surface area contributed by atoms with Crippen LogP contribution in [-0.2, 0) is 44.9 Å². The number of halogens is 1. The normalized spacial score (nSPS) is 11.5. The molecule has 0 radical (unpaired) electrons. The SMILES string of the molecule is CC(C)(C)OC(N)=O.CCC.COc1cc(S(C)(=O)=O)ccc1N(C(=O)OC(C)OC(=O)CNC(=O)CC(C)C)c1nc2ccc(-c3ccc(NC(=O)Cc4ccc(F)cc4)cc3)cn2n1. The van der Waals surface area contributed by atoms with Gasteiger partial charge in [-0.2, -0.15) is 4.98 Å². The highest BCUT2D eigenvalue weighted by molar-refractivity contribution is 7.90. The molecule has 66 heavy (non-hydrogen) atoms. The number of methoxy groups -OCH3 is 1. The molecule has 0 saturated heterocycles. The molecule has 18 nitrogen and oxygen atoms in total. The fraction of sp³-hybridized carbons (Fsp3) is 0.370. The van der Waals surface area contributed by atoms with Gasteiger partial charge in [0.25, 0.3) is 5.95 Å². The summed E-state index contributed by atoms with van der Waals surface area (Å²) in [6.07, 6.45) is 0.987. The Bertz CT molecular complexity index is 2560. The fourth-order valence-corrected chi connectivity index (χ4v) is 6.23. The van der Waals surface area contributed by atoms with Gasteiger partial charge >= 0.3 is 18.2 Å². The number of carbonyl (C=O) groups is 5. The summed E-state index contributed by atoms with van der Waals surface area (Å²) in [6, 6.07) is 20.0. The zero-order chi connectivity index (χ0) is 49.4. The van der Waals surface area contributed by atoms with E-state index in [1.54, 1.807) is 75.5 Å². The highest BCUT2D eigenvalue weighted by atomic mass is 32.2. The average molecular weight is 936 g/mol. The first kappa shape index (κ1) is 53.2. The Labute approximate surface area is 383 Å². The Kier molecular flexibility index (Phi) is 19.6. The smallest absolute Gasteiger partial charge is 0.424 e. The van der Waals surface area contributed by atoms with Crippen molar-refractivity contribution in [1.29, 1.82) is 0 Å². The van der Waals surface area contributed by atoms with Crippen molar-refractivity contribution in [3.05, 3.63) is 96.4 Å². The van der Waals surface area contributed by atoms with Crippen molar-refractivity contribution in [2.45, 2.75) is 91.4 Å². The van der Waals surface area contributed by atoms with Gasteiger partial charge in [-0.15, -0.1) is 5.10 Å². The van der Waals surface area contributed by atoms with Crippen LogP contribution in [0.2, 0.25) is 0 Å². The van der Waals surface area contributed by atoms with Crippen LogP contribution in [0.4, 0.5) is 31.3 Å². The minimum Gasteiger partial charge on any atom is -0.495 e. The van der Waals surface area contributed by atoms with E-state index in [1.807, 2.05) is 13.8 Å². The van der Waals surface area contributed by atoms with Crippen LogP contribution in [0.15, 0.2) is 90.0 Å². The number of nitrogens with one attached hydrogen (secondary N) is 2. The number of nitrogens with two attached hydrogens (primary N) is 1. The summed E-state index contributed by atoms with van der Waals surface area (Å²) in [4.78, 5) is 66.1. The zero-order valence-corrected chi connectivity index (χ0v) is 39.5. The number of aromatic nitrogens is 3. The van der Waals surface area contributed by atoms with Crippen LogP contribution < -0.4 is 26.0 Å². The Morgan fingerprint density at radius 3 is 2.05 bits per heavy atom. The second-order valence-electron chi connectivity index (χ2n) is 16.1. The molecule has 356 valence electrons. The predicted octanol–water partition coefficient (Wildman–Crippen LogP) is 7.75. The summed E-state index contributed by atoms with van der Waals surface area (Å²) >= 11 is 0. The Balaban J connectivity index is 0.000000938. The first-order valence-electron chi connectivity index (χ1n) is 20.8. The maximum Gasteiger partial charge on any atom is 0.424 e. The van der Waals surface area contributed by atoms with E-state index in [1.165, 1.54) is 55.3 Å². The summed E-state index contributed by atoms with van der Waals surface area (Å²) < 4.78 is 59.9. The topological polar surface area (TPSA) is 240 Å². The molecule has 1 atom stereocenters. The van der Waals surface area contributed by atoms with Gasteiger partial charge in [-0.25, -0.2) is 31.8 Å². The Morgan fingerprint density at radius 2 is 1.50 bits per heavy atom. The summed E-state index contributed by atoms with van der Waals surface area (Å²) in [5.41, 5.74) is 7.31. The van der Waals surface area contributed by atoms with Crippen LogP contribution in [0.25, 0.3) is 16.8 Å². The van der Waals surface area contributed by atoms with Crippen molar-refractivity contribution < 1.29 is 55.7 Å². The van der Waals surface area contributed by atoms with E-state index in [2.05, 4.69) is 39.3 Å². The number of nitrogens with zero attached hydrogens (tertiary/aromatic N) is 4. The number of pyridine rings is 1. The first-order chi connectivity index (χ1) is 30.9. The maximum atomic E-state index is 13.8. The number of esters is 1. The number of carbonyl (C=O) groups excluding carboxylic acids is 5. The maximum absolute atomic E-state index is 13.8. The molecular weight excluding hydrogens is 878 g/mol. The van der Waals surface area contributed by atoms with Crippen LogP contribution in [0, 0.1) is 11.7 Å². The van der Waals surface area contributed by atoms with Gasteiger partial charge in [0.15, 0.2) is 15.5 Å². The van der Waals surface area contributed by atoms with Gasteiger partial charge in [-0.05, 0) is 86.3 Å².